The first-order valence-electron chi connectivity index (χ1n) is 6.74. The van der Waals surface area contributed by atoms with Crippen molar-refractivity contribution in [2.24, 2.45) is 11.7 Å². The van der Waals surface area contributed by atoms with Gasteiger partial charge >= 0.3 is 0 Å². The highest BCUT2D eigenvalue weighted by atomic mass is 32.1. The van der Waals surface area contributed by atoms with Gasteiger partial charge in [0, 0.05) is 24.8 Å². The van der Waals surface area contributed by atoms with E-state index < -0.39 is 22.6 Å². The van der Waals surface area contributed by atoms with Crippen LogP contribution < -0.4 is 11.1 Å². The van der Waals surface area contributed by atoms with Crippen molar-refractivity contribution in [1.82, 2.24) is 10.2 Å². The number of imide groups is 1. The van der Waals surface area contributed by atoms with E-state index in [4.69, 9.17) is 5.73 Å². The fraction of sp³-hybridized carbons (Fsp3) is 0.769. The molecule has 7 heteroatoms. The van der Waals surface area contributed by atoms with Gasteiger partial charge in [-0.05, 0) is 0 Å². The highest BCUT2D eigenvalue weighted by Crippen LogP contribution is 2.34. The van der Waals surface area contributed by atoms with Crippen molar-refractivity contribution >= 4 is 30.4 Å². The fourth-order valence-corrected chi connectivity index (χ4v) is 2.23. The molecule has 116 valence electrons. The molecule has 0 aromatic rings. The second kappa shape index (κ2) is 7.64. The predicted octanol–water partition coefficient (Wildman–Crippen LogP) is 0.169. The number of likely N-dealkylation sites (N-methyl/N-ethyl adjacent to an activating group) is 1. The summed E-state index contributed by atoms with van der Waals surface area (Å²) in [5, 5.41) is 2.40. The molecule has 0 aromatic heterocycles. The van der Waals surface area contributed by atoms with Crippen LogP contribution in [0.3, 0.4) is 0 Å². The lowest BCUT2D eigenvalue weighted by Crippen LogP contribution is -2.53. The van der Waals surface area contributed by atoms with Gasteiger partial charge in [0.1, 0.15) is 6.04 Å². The van der Waals surface area contributed by atoms with Crippen LogP contribution in [0.1, 0.15) is 34.1 Å². The average molecular weight is 303 g/mol. The zero-order valence-electron chi connectivity index (χ0n) is 12.8. The number of carbonyl (C=O) groups is 3. The van der Waals surface area contributed by atoms with Crippen molar-refractivity contribution in [2.75, 3.05) is 13.6 Å². The van der Waals surface area contributed by atoms with Crippen LogP contribution in [-0.4, -0.2) is 47.0 Å². The van der Waals surface area contributed by atoms with E-state index in [0.717, 1.165) is 4.90 Å². The maximum atomic E-state index is 12.2. The maximum absolute atomic E-state index is 12.2. The number of nitrogens with two attached hydrogens (primary N) is 1. The van der Waals surface area contributed by atoms with E-state index in [-0.39, 0.29) is 24.8 Å². The summed E-state index contributed by atoms with van der Waals surface area (Å²) in [6.45, 7) is 7.45. The summed E-state index contributed by atoms with van der Waals surface area (Å²) in [5.74, 6) is -1.70. The molecular weight excluding hydrogens is 278 g/mol. The van der Waals surface area contributed by atoms with Gasteiger partial charge in [-0.1, -0.05) is 27.7 Å². The number of likely N-dealkylation sites (tertiary alicyclic amines) is 1. The lowest BCUT2D eigenvalue weighted by atomic mass is 9.93. The van der Waals surface area contributed by atoms with Crippen LogP contribution in [0.15, 0.2) is 0 Å². The van der Waals surface area contributed by atoms with Crippen LogP contribution in [0.2, 0.25) is 0 Å². The normalized spacial score (nSPS) is 20.4. The van der Waals surface area contributed by atoms with E-state index >= 15 is 0 Å². The van der Waals surface area contributed by atoms with E-state index in [9.17, 15) is 14.4 Å². The summed E-state index contributed by atoms with van der Waals surface area (Å²) in [5.41, 5.74) is 5.48. The summed E-state index contributed by atoms with van der Waals surface area (Å²) >= 11 is 4.33. The molecule has 3 N–H and O–H groups in total. The quantitative estimate of drug-likeness (QED) is 0.510. The Kier molecular flexibility index (Phi) is 7.22. The third kappa shape index (κ3) is 3.96. The second-order valence-electron chi connectivity index (χ2n) is 4.88. The zero-order valence-corrected chi connectivity index (χ0v) is 13.7. The molecule has 3 amide bonds. The third-order valence-corrected chi connectivity index (χ3v) is 3.43. The summed E-state index contributed by atoms with van der Waals surface area (Å²) in [4.78, 5) is 36.7. The first-order valence-corrected chi connectivity index (χ1v) is 7.18. The van der Waals surface area contributed by atoms with E-state index in [0.29, 0.717) is 0 Å². The number of rotatable bonds is 4. The van der Waals surface area contributed by atoms with Crippen molar-refractivity contribution in [3.05, 3.63) is 0 Å². The van der Waals surface area contributed by atoms with Crippen LogP contribution >= 0.6 is 12.6 Å². The zero-order chi connectivity index (χ0) is 16.1. The molecule has 1 fully saturated rings. The Labute approximate surface area is 125 Å². The van der Waals surface area contributed by atoms with E-state index in [1.807, 2.05) is 13.8 Å². The summed E-state index contributed by atoms with van der Waals surface area (Å²) in [6, 6.07) is -0.935. The van der Waals surface area contributed by atoms with Crippen LogP contribution in [0, 0.1) is 5.92 Å². The molecular formula is C13H25N3O3S. The second-order valence-corrected chi connectivity index (χ2v) is 6.03. The molecule has 0 aromatic carbocycles. The summed E-state index contributed by atoms with van der Waals surface area (Å²) < 4.78 is -0.608. The van der Waals surface area contributed by atoms with Crippen LogP contribution in [0.4, 0.5) is 0 Å². The molecule has 0 saturated carbocycles. The van der Waals surface area contributed by atoms with Crippen LogP contribution in [0.25, 0.3) is 0 Å². The van der Waals surface area contributed by atoms with Gasteiger partial charge in [0.15, 0.2) is 0 Å². The monoisotopic (exact) mass is 303 g/mol. The minimum Gasteiger partial charge on any atom is -0.357 e. The summed E-state index contributed by atoms with van der Waals surface area (Å²) in [7, 11) is 1.44. The molecule has 1 heterocycles. The minimum absolute atomic E-state index is 0.0722. The number of nitrogens with zero attached hydrogens (tertiary/aromatic N) is 1. The van der Waals surface area contributed by atoms with E-state index in [1.54, 1.807) is 13.8 Å². The molecule has 2 unspecified atom stereocenters. The Balaban J connectivity index is 0.00000172. The molecule has 0 radical (unpaired) electrons. The molecule has 20 heavy (non-hydrogen) atoms. The molecule has 2 atom stereocenters. The highest BCUT2D eigenvalue weighted by Gasteiger charge is 2.48. The molecule has 1 saturated heterocycles. The van der Waals surface area contributed by atoms with Gasteiger partial charge in [0.25, 0.3) is 0 Å². The van der Waals surface area contributed by atoms with Gasteiger partial charge in [-0.25, -0.2) is 0 Å². The molecule has 1 rings (SSSR count). The highest BCUT2D eigenvalue weighted by molar-refractivity contribution is 7.81. The number of thiol groups is 1. The van der Waals surface area contributed by atoms with Crippen LogP contribution in [0.5, 0.6) is 0 Å². The third-order valence-electron chi connectivity index (χ3n) is 3.12. The maximum Gasteiger partial charge on any atom is 0.244 e. The Hall–Kier alpha value is -1.08. The Morgan fingerprint density at radius 2 is 2.00 bits per heavy atom. The van der Waals surface area contributed by atoms with Crippen molar-refractivity contribution in [2.45, 2.75) is 44.9 Å². The van der Waals surface area contributed by atoms with Crippen molar-refractivity contribution in [3.63, 3.8) is 0 Å². The van der Waals surface area contributed by atoms with Crippen molar-refractivity contribution in [1.29, 1.82) is 0 Å². The molecule has 6 nitrogen and oxygen atoms in total. The lowest BCUT2D eigenvalue weighted by Gasteiger charge is -2.27. The number of nitrogens with one attached hydrogen (secondary N) is 1. The topological polar surface area (TPSA) is 92.5 Å². The average Bonchev–Trinajstić information content (AvgIpc) is 2.69. The van der Waals surface area contributed by atoms with Gasteiger partial charge < -0.3 is 11.1 Å². The smallest absolute Gasteiger partial charge is 0.244 e. The largest absolute Gasteiger partial charge is 0.357 e. The Bertz CT molecular complexity index is 380. The minimum atomic E-state index is -0.935. The molecule has 0 spiro atoms. The predicted molar refractivity (Wildman–Crippen MR) is 81.3 cm³/mol. The molecule has 1 aliphatic rings. The van der Waals surface area contributed by atoms with Gasteiger partial charge in [0.05, 0.1) is 5.92 Å². The standard InChI is InChI=1S/C11H19N3O3S.C2H6/c1-11(2,18)6-4-8(15)14(10(6)17)7(5-12)9(16)13-3;1-2/h6-7,18H,4-5,12H2,1-3H3,(H,13,16);1-2H3. The van der Waals surface area contributed by atoms with Gasteiger partial charge in [0.2, 0.25) is 17.7 Å². The van der Waals surface area contributed by atoms with E-state index in [2.05, 4.69) is 17.9 Å². The van der Waals surface area contributed by atoms with Gasteiger partial charge in [-0.15, -0.1) is 0 Å². The molecule has 0 aliphatic carbocycles. The number of hydrogen-bond donors (Lipinski definition) is 3. The first kappa shape index (κ1) is 18.9. The number of amides is 3. The number of hydrogen-bond acceptors (Lipinski definition) is 5. The van der Waals surface area contributed by atoms with Crippen molar-refractivity contribution < 1.29 is 14.4 Å². The lowest BCUT2D eigenvalue weighted by molar-refractivity contribution is -0.147. The van der Waals surface area contributed by atoms with Gasteiger partial charge in [-0.2, -0.15) is 12.6 Å². The fourth-order valence-electron chi connectivity index (χ4n) is 2.03. The molecule has 1 aliphatic heterocycles. The summed E-state index contributed by atoms with van der Waals surface area (Å²) in [6.07, 6.45) is 0.0722. The van der Waals surface area contributed by atoms with Crippen molar-refractivity contribution in [3.8, 4) is 0 Å². The van der Waals surface area contributed by atoms with Crippen LogP contribution in [-0.2, 0) is 14.4 Å². The molecule has 0 bridgehead atoms. The number of carbonyl (C=O) groups excluding carboxylic acids is 3. The van der Waals surface area contributed by atoms with Gasteiger partial charge in [-0.3, -0.25) is 19.3 Å². The first-order chi connectivity index (χ1) is 9.23. The Morgan fingerprint density at radius 3 is 2.30 bits per heavy atom. The van der Waals surface area contributed by atoms with E-state index in [1.165, 1.54) is 7.05 Å². The SMILES string of the molecule is CC.CNC(=O)C(CN)N1C(=O)CC(C(C)(C)S)C1=O. The Morgan fingerprint density at radius 1 is 1.50 bits per heavy atom.